The Labute approximate surface area is 192 Å². The van der Waals surface area contributed by atoms with Gasteiger partial charge in [-0.25, -0.2) is 9.78 Å². The Hall–Kier alpha value is -3.92. The van der Waals surface area contributed by atoms with Crippen LogP contribution in [0.15, 0.2) is 74.1 Å². The monoisotopic (exact) mass is 463 g/mol. The van der Waals surface area contributed by atoms with Crippen LogP contribution in [0.4, 0.5) is 5.82 Å². The van der Waals surface area contributed by atoms with E-state index >= 15 is 0 Å². The minimum atomic E-state index is -0.546. The molecule has 0 saturated carbocycles. The van der Waals surface area contributed by atoms with Gasteiger partial charge in [-0.3, -0.25) is 28.1 Å². The van der Waals surface area contributed by atoms with Gasteiger partial charge in [0.1, 0.15) is 5.82 Å². The van der Waals surface area contributed by atoms with Crippen molar-refractivity contribution in [1.29, 1.82) is 0 Å². The minimum absolute atomic E-state index is 0.0833. The highest BCUT2D eigenvalue weighted by Crippen LogP contribution is 2.23. The Kier molecular flexibility index (Phi) is 6.01. The Morgan fingerprint density at radius 3 is 2.45 bits per heavy atom. The zero-order chi connectivity index (χ0) is 23.7. The number of carbonyl (C=O) groups excluding carboxylic acids is 1. The third-order valence-corrected chi connectivity index (χ3v) is 6.17. The summed E-state index contributed by atoms with van der Waals surface area (Å²) in [5, 5.41) is 3.43. The van der Waals surface area contributed by atoms with Gasteiger partial charge >= 0.3 is 5.69 Å². The molecule has 0 aliphatic carbocycles. The molecule has 0 spiro atoms. The fraction of sp³-hybridized carbons (Fsp3) is 0.174. The first kappa shape index (κ1) is 22.3. The van der Waals surface area contributed by atoms with Gasteiger partial charge < -0.3 is 5.32 Å². The van der Waals surface area contributed by atoms with Crippen molar-refractivity contribution >= 4 is 34.4 Å². The summed E-state index contributed by atoms with van der Waals surface area (Å²) in [5.74, 6) is -0.432. The van der Waals surface area contributed by atoms with Crippen LogP contribution in [0.25, 0.3) is 16.6 Å². The molecule has 0 fully saturated rings. The molecule has 4 aromatic rings. The van der Waals surface area contributed by atoms with E-state index in [0.717, 1.165) is 21.9 Å². The Balaban J connectivity index is 1.69. The summed E-state index contributed by atoms with van der Waals surface area (Å²) < 4.78 is 3.63. The van der Waals surface area contributed by atoms with Crippen LogP contribution in [0.2, 0.25) is 0 Å². The molecule has 0 aliphatic rings. The molecule has 0 atom stereocenters. The number of nitrogens with zero attached hydrogens (tertiary/aromatic N) is 4. The number of fused-ring (bicyclic) bond motifs is 1. The molecule has 2 aromatic heterocycles. The number of benzene rings is 2. The first-order valence-electron chi connectivity index (χ1n) is 10.1. The highest BCUT2D eigenvalue weighted by Gasteiger charge is 2.17. The number of aromatic nitrogens is 4. The molecule has 2 aromatic carbocycles. The minimum Gasteiger partial charge on any atom is -0.311 e. The molecule has 0 bridgehead atoms. The topological polar surface area (TPSA) is 108 Å². The van der Waals surface area contributed by atoms with Crippen molar-refractivity contribution in [2.45, 2.75) is 12.1 Å². The van der Waals surface area contributed by atoms with Crippen LogP contribution >= 0.6 is 11.8 Å². The third kappa shape index (κ3) is 4.24. The summed E-state index contributed by atoms with van der Waals surface area (Å²) in [6.45, 7) is 1.90. The molecule has 9 nitrogen and oxygen atoms in total. The molecule has 1 amide bonds. The molecule has 1 N–H and O–H groups in total. The lowest BCUT2D eigenvalue weighted by molar-refractivity contribution is -0.113. The second-order valence-corrected chi connectivity index (χ2v) is 8.39. The molecular weight excluding hydrogens is 442 g/mol. The largest absolute Gasteiger partial charge is 0.332 e. The quantitative estimate of drug-likeness (QED) is 0.357. The van der Waals surface area contributed by atoms with Crippen LogP contribution in [0.1, 0.15) is 5.56 Å². The lowest BCUT2D eigenvalue weighted by Crippen LogP contribution is -2.38. The standard InChI is InChI=1S/C23H21N5O4S/c1-14-8-4-7-11-17(14)28-21(31)15-9-5-6-10-16(15)24-22(28)33-13-19(29)25-18-12-20(30)27(3)23(32)26(18)2/h4-12H,13H2,1-3H3,(H,25,29). The Morgan fingerprint density at radius 1 is 1.00 bits per heavy atom. The number of amides is 1. The van der Waals surface area contributed by atoms with Gasteiger partial charge in [-0.15, -0.1) is 0 Å². The van der Waals surface area contributed by atoms with E-state index in [9.17, 15) is 19.2 Å². The van der Waals surface area contributed by atoms with Crippen molar-refractivity contribution in [3.8, 4) is 5.69 Å². The van der Waals surface area contributed by atoms with E-state index in [1.807, 2.05) is 31.2 Å². The molecule has 0 aliphatic heterocycles. The van der Waals surface area contributed by atoms with Gasteiger partial charge in [0.2, 0.25) is 5.91 Å². The number of carbonyl (C=O) groups is 1. The zero-order valence-electron chi connectivity index (χ0n) is 18.2. The van der Waals surface area contributed by atoms with Crippen molar-refractivity contribution in [3.63, 3.8) is 0 Å². The average molecular weight is 464 g/mol. The number of hydrogen-bond acceptors (Lipinski definition) is 6. The van der Waals surface area contributed by atoms with Crippen molar-refractivity contribution < 1.29 is 4.79 Å². The van der Waals surface area contributed by atoms with Crippen LogP contribution < -0.4 is 22.1 Å². The van der Waals surface area contributed by atoms with Gasteiger partial charge in [-0.05, 0) is 30.7 Å². The van der Waals surface area contributed by atoms with E-state index in [0.29, 0.717) is 21.7 Å². The molecule has 33 heavy (non-hydrogen) atoms. The summed E-state index contributed by atoms with van der Waals surface area (Å²) >= 11 is 1.09. The van der Waals surface area contributed by atoms with E-state index in [4.69, 9.17) is 0 Å². The highest BCUT2D eigenvalue weighted by molar-refractivity contribution is 7.99. The van der Waals surface area contributed by atoms with Crippen LogP contribution in [0.3, 0.4) is 0 Å². The number of nitrogens with one attached hydrogen (secondary N) is 1. The second kappa shape index (κ2) is 8.91. The lowest BCUT2D eigenvalue weighted by Gasteiger charge is -2.15. The van der Waals surface area contributed by atoms with E-state index in [2.05, 4.69) is 10.3 Å². The molecule has 10 heteroatoms. The fourth-order valence-corrected chi connectivity index (χ4v) is 4.20. The Morgan fingerprint density at radius 2 is 1.70 bits per heavy atom. The van der Waals surface area contributed by atoms with E-state index in [1.54, 1.807) is 24.3 Å². The summed E-state index contributed by atoms with van der Waals surface area (Å²) in [6.07, 6.45) is 0. The van der Waals surface area contributed by atoms with Gasteiger partial charge in [0.15, 0.2) is 5.16 Å². The number of aryl methyl sites for hydroxylation is 1. The molecular formula is C23H21N5O4S. The predicted octanol–water partition coefficient (Wildman–Crippen LogP) is 1.82. The summed E-state index contributed by atoms with van der Waals surface area (Å²) in [5.41, 5.74) is 0.798. The number of hydrogen-bond donors (Lipinski definition) is 1. The van der Waals surface area contributed by atoms with Crippen molar-refractivity contribution in [2.75, 3.05) is 11.1 Å². The number of thioether (sulfide) groups is 1. The number of rotatable bonds is 5. The third-order valence-electron chi connectivity index (χ3n) is 5.23. The van der Waals surface area contributed by atoms with Crippen LogP contribution in [-0.2, 0) is 18.9 Å². The lowest BCUT2D eigenvalue weighted by atomic mass is 10.2. The van der Waals surface area contributed by atoms with Crippen molar-refractivity contribution in [2.24, 2.45) is 14.1 Å². The van der Waals surface area contributed by atoms with Crippen molar-refractivity contribution in [3.05, 3.63) is 91.4 Å². The highest BCUT2D eigenvalue weighted by atomic mass is 32.2. The number of para-hydroxylation sites is 2. The first-order valence-corrected chi connectivity index (χ1v) is 11.0. The molecule has 0 saturated heterocycles. The molecule has 168 valence electrons. The van der Waals surface area contributed by atoms with E-state index in [1.165, 1.54) is 29.3 Å². The van der Waals surface area contributed by atoms with Crippen LogP contribution in [-0.4, -0.2) is 30.3 Å². The summed E-state index contributed by atoms with van der Waals surface area (Å²) in [6, 6.07) is 15.7. The normalized spacial score (nSPS) is 11.0. The maximum atomic E-state index is 13.3. The fourth-order valence-electron chi connectivity index (χ4n) is 3.40. The average Bonchev–Trinajstić information content (AvgIpc) is 2.81. The molecule has 0 unspecified atom stereocenters. The van der Waals surface area contributed by atoms with Gasteiger partial charge in [0, 0.05) is 20.2 Å². The van der Waals surface area contributed by atoms with Gasteiger partial charge in [-0.1, -0.05) is 42.1 Å². The van der Waals surface area contributed by atoms with Gasteiger partial charge in [0.05, 0.1) is 22.3 Å². The smallest absolute Gasteiger partial charge is 0.311 e. The van der Waals surface area contributed by atoms with Crippen LogP contribution in [0.5, 0.6) is 0 Å². The van der Waals surface area contributed by atoms with Crippen molar-refractivity contribution in [1.82, 2.24) is 18.7 Å². The van der Waals surface area contributed by atoms with E-state index < -0.39 is 17.2 Å². The molecule has 2 heterocycles. The summed E-state index contributed by atoms with van der Waals surface area (Å²) in [4.78, 5) is 54.6. The second-order valence-electron chi connectivity index (χ2n) is 7.44. The van der Waals surface area contributed by atoms with Crippen LogP contribution in [0, 0.1) is 6.92 Å². The van der Waals surface area contributed by atoms with E-state index in [-0.39, 0.29) is 17.1 Å². The first-order chi connectivity index (χ1) is 15.8. The zero-order valence-corrected chi connectivity index (χ0v) is 19.0. The van der Waals surface area contributed by atoms with Gasteiger partial charge in [0.25, 0.3) is 11.1 Å². The maximum Gasteiger partial charge on any atom is 0.332 e. The Bertz CT molecular complexity index is 1570. The molecule has 4 rings (SSSR count). The predicted molar refractivity (Wildman–Crippen MR) is 128 cm³/mol. The maximum absolute atomic E-state index is 13.3. The molecule has 0 radical (unpaired) electrons. The SMILES string of the molecule is Cc1ccccc1-n1c(SCC(=O)Nc2cc(=O)n(C)c(=O)n2C)nc2ccccc2c1=O. The summed E-state index contributed by atoms with van der Waals surface area (Å²) in [7, 11) is 2.83. The van der Waals surface area contributed by atoms with Gasteiger partial charge in [-0.2, -0.15) is 0 Å². The number of anilines is 1.